The van der Waals surface area contributed by atoms with Crippen molar-refractivity contribution in [1.82, 2.24) is 5.32 Å². The van der Waals surface area contributed by atoms with Crippen molar-refractivity contribution in [2.75, 3.05) is 18.5 Å². The number of rotatable bonds is 3. The van der Waals surface area contributed by atoms with E-state index < -0.39 is 0 Å². The average Bonchev–Trinajstić information content (AvgIpc) is 3.07. The molecule has 2 aliphatic rings. The van der Waals surface area contributed by atoms with Gasteiger partial charge in [-0.3, -0.25) is 4.79 Å². The minimum atomic E-state index is 0.220. The molecule has 1 aromatic rings. The zero-order valence-corrected chi connectivity index (χ0v) is 11.6. The summed E-state index contributed by atoms with van der Waals surface area (Å²) in [6.07, 6.45) is 6.55. The first-order chi connectivity index (χ1) is 9.24. The molecule has 1 aliphatic heterocycles. The van der Waals surface area contributed by atoms with Crippen LogP contribution in [0, 0.1) is 0 Å². The molecule has 1 atom stereocenters. The minimum Gasteiger partial charge on any atom is -0.315 e. The van der Waals surface area contributed by atoms with Gasteiger partial charge in [-0.1, -0.05) is 6.07 Å². The molecule has 0 radical (unpaired) electrons. The summed E-state index contributed by atoms with van der Waals surface area (Å²) in [5.74, 6) is 0.220. The maximum atomic E-state index is 12.3. The smallest absolute Gasteiger partial charge is 0.228 e. The van der Waals surface area contributed by atoms with E-state index in [0.717, 1.165) is 25.1 Å². The van der Waals surface area contributed by atoms with Crippen molar-refractivity contribution in [3.63, 3.8) is 0 Å². The molecule has 1 heterocycles. The number of amides is 1. The van der Waals surface area contributed by atoms with E-state index in [-0.39, 0.29) is 5.91 Å². The summed E-state index contributed by atoms with van der Waals surface area (Å²) in [5.41, 5.74) is 3.93. The second kappa shape index (κ2) is 5.33. The fourth-order valence-corrected chi connectivity index (χ4v) is 3.19. The van der Waals surface area contributed by atoms with Crippen LogP contribution in [0.15, 0.2) is 18.2 Å². The largest absolute Gasteiger partial charge is 0.315 e. The number of nitrogens with zero attached hydrogens (tertiary/aromatic N) is 1. The number of anilines is 1. The highest BCUT2D eigenvalue weighted by Crippen LogP contribution is 2.26. The van der Waals surface area contributed by atoms with Crippen LogP contribution in [0.2, 0.25) is 0 Å². The Morgan fingerprint density at radius 1 is 1.32 bits per heavy atom. The molecule has 0 bridgehead atoms. The number of carbonyl (C=O) groups excluding carboxylic acids is 1. The Bertz CT molecular complexity index is 478. The Balaban J connectivity index is 1.68. The van der Waals surface area contributed by atoms with E-state index in [1.54, 1.807) is 0 Å². The average molecular weight is 258 g/mol. The van der Waals surface area contributed by atoms with Crippen LogP contribution < -0.4 is 10.2 Å². The zero-order valence-electron chi connectivity index (χ0n) is 11.6. The molecular weight excluding hydrogens is 236 g/mol. The van der Waals surface area contributed by atoms with Crippen LogP contribution >= 0.6 is 0 Å². The molecule has 1 aliphatic carbocycles. The van der Waals surface area contributed by atoms with E-state index in [4.69, 9.17) is 0 Å². The molecule has 102 valence electrons. The lowest BCUT2D eigenvalue weighted by molar-refractivity contribution is -0.118. The minimum absolute atomic E-state index is 0.220. The van der Waals surface area contributed by atoms with Crippen molar-refractivity contribution >= 4 is 11.6 Å². The molecule has 1 fully saturated rings. The Morgan fingerprint density at radius 3 is 2.95 bits per heavy atom. The number of fused-ring (bicyclic) bond motifs is 1. The van der Waals surface area contributed by atoms with Gasteiger partial charge in [0.05, 0.1) is 0 Å². The molecule has 0 spiro atoms. The standard InChI is InChI=1S/C16H22N2O/c1-18(16(19)11-14-6-3-9-17-14)15-8-7-12-4-2-5-13(12)10-15/h7-8,10,14,17H,2-6,9,11H2,1H3. The first-order valence-electron chi connectivity index (χ1n) is 7.36. The Hall–Kier alpha value is -1.35. The van der Waals surface area contributed by atoms with Crippen LogP contribution in [0.3, 0.4) is 0 Å². The van der Waals surface area contributed by atoms with Gasteiger partial charge in [0, 0.05) is 25.2 Å². The number of benzene rings is 1. The lowest BCUT2D eigenvalue weighted by Crippen LogP contribution is -2.33. The molecule has 0 saturated carbocycles. The Morgan fingerprint density at radius 2 is 2.16 bits per heavy atom. The number of nitrogens with one attached hydrogen (secondary N) is 1. The maximum absolute atomic E-state index is 12.3. The normalized spacial score (nSPS) is 21.4. The molecule has 1 unspecified atom stereocenters. The SMILES string of the molecule is CN(C(=O)CC1CCCN1)c1ccc2c(c1)CCC2. The molecule has 1 saturated heterocycles. The Kier molecular flexibility index (Phi) is 3.56. The van der Waals surface area contributed by atoms with Crippen LogP contribution in [-0.4, -0.2) is 25.5 Å². The summed E-state index contributed by atoms with van der Waals surface area (Å²) in [7, 11) is 1.90. The highest BCUT2D eigenvalue weighted by molar-refractivity contribution is 5.93. The van der Waals surface area contributed by atoms with E-state index in [9.17, 15) is 4.79 Å². The summed E-state index contributed by atoms with van der Waals surface area (Å²) in [6, 6.07) is 6.85. The van der Waals surface area contributed by atoms with Crippen molar-refractivity contribution in [3.8, 4) is 0 Å². The van der Waals surface area contributed by atoms with Crippen LogP contribution in [0.25, 0.3) is 0 Å². The zero-order chi connectivity index (χ0) is 13.2. The van der Waals surface area contributed by atoms with Crippen molar-refractivity contribution in [2.24, 2.45) is 0 Å². The highest BCUT2D eigenvalue weighted by atomic mass is 16.2. The summed E-state index contributed by atoms with van der Waals surface area (Å²) >= 11 is 0. The van der Waals surface area contributed by atoms with Crippen molar-refractivity contribution in [2.45, 2.75) is 44.6 Å². The fraction of sp³-hybridized carbons (Fsp3) is 0.562. The monoisotopic (exact) mass is 258 g/mol. The summed E-state index contributed by atoms with van der Waals surface area (Å²) in [6.45, 7) is 1.06. The van der Waals surface area contributed by atoms with Crippen molar-refractivity contribution < 1.29 is 4.79 Å². The number of aryl methyl sites for hydroxylation is 2. The third kappa shape index (κ3) is 2.66. The van der Waals surface area contributed by atoms with E-state index in [2.05, 4.69) is 23.5 Å². The molecule has 19 heavy (non-hydrogen) atoms. The molecule has 3 nitrogen and oxygen atoms in total. The quantitative estimate of drug-likeness (QED) is 0.902. The lowest BCUT2D eigenvalue weighted by Gasteiger charge is -2.20. The summed E-state index contributed by atoms with van der Waals surface area (Å²) in [4.78, 5) is 14.1. The molecule has 1 aromatic carbocycles. The van der Waals surface area contributed by atoms with E-state index in [0.29, 0.717) is 12.5 Å². The summed E-state index contributed by atoms with van der Waals surface area (Å²) in [5, 5.41) is 3.39. The molecule has 3 heteroatoms. The fourth-order valence-electron chi connectivity index (χ4n) is 3.19. The first-order valence-corrected chi connectivity index (χ1v) is 7.36. The van der Waals surface area contributed by atoms with Crippen LogP contribution in [0.5, 0.6) is 0 Å². The predicted octanol–water partition coefficient (Wildman–Crippen LogP) is 2.28. The van der Waals surface area contributed by atoms with Gasteiger partial charge in [-0.2, -0.15) is 0 Å². The first kappa shape index (κ1) is 12.7. The molecule has 1 N–H and O–H groups in total. The topological polar surface area (TPSA) is 32.3 Å². The molecule has 3 rings (SSSR count). The summed E-state index contributed by atoms with van der Waals surface area (Å²) < 4.78 is 0. The van der Waals surface area contributed by atoms with E-state index >= 15 is 0 Å². The lowest BCUT2D eigenvalue weighted by atomic mass is 10.1. The van der Waals surface area contributed by atoms with Gasteiger partial charge in [-0.25, -0.2) is 0 Å². The van der Waals surface area contributed by atoms with Crippen LogP contribution in [0.4, 0.5) is 5.69 Å². The molecule has 1 amide bonds. The van der Waals surface area contributed by atoms with Crippen molar-refractivity contribution in [1.29, 1.82) is 0 Å². The third-order valence-corrected chi connectivity index (χ3v) is 4.43. The van der Waals surface area contributed by atoms with Gasteiger partial charge in [0.15, 0.2) is 0 Å². The second-order valence-corrected chi connectivity index (χ2v) is 5.76. The van der Waals surface area contributed by atoms with Crippen LogP contribution in [-0.2, 0) is 17.6 Å². The van der Waals surface area contributed by atoms with Gasteiger partial charge in [0.1, 0.15) is 0 Å². The van der Waals surface area contributed by atoms with Gasteiger partial charge >= 0.3 is 0 Å². The van der Waals surface area contributed by atoms with Gasteiger partial charge in [-0.15, -0.1) is 0 Å². The number of carbonyl (C=O) groups is 1. The maximum Gasteiger partial charge on any atom is 0.228 e. The number of hydrogen-bond acceptors (Lipinski definition) is 2. The van der Waals surface area contributed by atoms with E-state index in [1.165, 1.54) is 30.4 Å². The number of hydrogen-bond donors (Lipinski definition) is 1. The molecule has 0 aromatic heterocycles. The molecular formula is C16H22N2O. The van der Waals surface area contributed by atoms with Gasteiger partial charge < -0.3 is 10.2 Å². The van der Waals surface area contributed by atoms with Crippen LogP contribution in [0.1, 0.15) is 36.8 Å². The third-order valence-electron chi connectivity index (χ3n) is 4.43. The predicted molar refractivity (Wildman–Crippen MR) is 77.5 cm³/mol. The van der Waals surface area contributed by atoms with E-state index in [1.807, 2.05) is 11.9 Å². The van der Waals surface area contributed by atoms with Gasteiger partial charge in [0.25, 0.3) is 0 Å². The van der Waals surface area contributed by atoms with Gasteiger partial charge in [0.2, 0.25) is 5.91 Å². The Labute approximate surface area is 115 Å². The van der Waals surface area contributed by atoms with Crippen molar-refractivity contribution in [3.05, 3.63) is 29.3 Å². The second-order valence-electron chi connectivity index (χ2n) is 5.76. The van der Waals surface area contributed by atoms with Gasteiger partial charge in [-0.05, 0) is 61.9 Å². The highest BCUT2D eigenvalue weighted by Gasteiger charge is 2.21.